The Bertz CT molecular complexity index is 1430. The highest BCUT2D eigenvalue weighted by molar-refractivity contribution is 5.99. The predicted molar refractivity (Wildman–Crippen MR) is 121 cm³/mol. The summed E-state index contributed by atoms with van der Waals surface area (Å²) in [5.41, 5.74) is 1.80. The first-order valence-electron chi connectivity index (χ1n) is 10.2. The Hall–Kier alpha value is -4.54. The number of rotatable bonds is 5. The standard InChI is InChI=1S/C24H17F4N5O2/c1-29-20(34)13-17(14-5-3-2-4-6-14)18-11-12-19-30-22(31-23(35)24(26,27)28)21(33(19)32-18)15-7-9-16(25)10-8-15/h2-13H,1H3,(H,29,34)(H,31,35)/b17-13+. The molecule has 178 valence electrons. The number of carbonyl (C=O) groups excluding carboxylic acids is 2. The maximum atomic E-state index is 13.5. The molecule has 0 aliphatic carbocycles. The molecule has 0 aliphatic heterocycles. The first-order valence-corrected chi connectivity index (χ1v) is 10.2. The molecule has 0 saturated carbocycles. The highest BCUT2D eigenvalue weighted by Crippen LogP contribution is 2.31. The van der Waals surface area contributed by atoms with Crippen molar-refractivity contribution < 1.29 is 27.2 Å². The van der Waals surface area contributed by atoms with E-state index in [9.17, 15) is 27.2 Å². The van der Waals surface area contributed by atoms with Gasteiger partial charge in [-0.25, -0.2) is 13.9 Å². The maximum absolute atomic E-state index is 13.5. The summed E-state index contributed by atoms with van der Waals surface area (Å²) in [5.74, 6) is -3.57. The van der Waals surface area contributed by atoms with Crippen molar-refractivity contribution in [2.45, 2.75) is 6.18 Å². The molecule has 0 radical (unpaired) electrons. The number of amides is 2. The van der Waals surface area contributed by atoms with E-state index in [2.05, 4.69) is 15.4 Å². The molecule has 0 unspecified atom stereocenters. The summed E-state index contributed by atoms with van der Waals surface area (Å²) >= 11 is 0. The minimum Gasteiger partial charge on any atom is -0.356 e. The van der Waals surface area contributed by atoms with Crippen LogP contribution >= 0.6 is 0 Å². The van der Waals surface area contributed by atoms with Gasteiger partial charge in [0.1, 0.15) is 11.5 Å². The first-order chi connectivity index (χ1) is 16.7. The third kappa shape index (κ3) is 5.03. The van der Waals surface area contributed by atoms with Crippen molar-refractivity contribution in [3.8, 4) is 11.3 Å². The molecule has 2 aromatic carbocycles. The van der Waals surface area contributed by atoms with Gasteiger partial charge in [0.25, 0.3) is 0 Å². The Kier molecular flexibility index (Phi) is 6.32. The van der Waals surface area contributed by atoms with Crippen LogP contribution < -0.4 is 10.6 Å². The minimum atomic E-state index is -5.15. The number of imidazole rings is 1. The number of likely N-dealkylation sites (N-methyl/N-ethyl adjacent to an activating group) is 1. The van der Waals surface area contributed by atoms with Crippen molar-refractivity contribution in [1.29, 1.82) is 0 Å². The normalized spacial score (nSPS) is 12.0. The smallest absolute Gasteiger partial charge is 0.356 e. The summed E-state index contributed by atoms with van der Waals surface area (Å²) < 4.78 is 53.6. The first kappa shape index (κ1) is 23.6. The van der Waals surface area contributed by atoms with Gasteiger partial charge in [0, 0.05) is 24.3 Å². The van der Waals surface area contributed by atoms with Crippen LogP contribution in [-0.2, 0) is 9.59 Å². The van der Waals surface area contributed by atoms with E-state index in [0.717, 1.165) is 12.1 Å². The lowest BCUT2D eigenvalue weighted by molar-refractivity contribution is -0.167. The topological polar surface area (TPSA) is 88.4 Å². The van der Waals surface area contributed by atoms with Crippen LogP contribution in [0.3, 0.4) is 0 Å². The highest BCUT2D eigenvalue weighted by Gasteiger charge is 2.39. The summed E-state index contributed by atoms with van der Waals surface area (Å²) in [6.07, 6.45) is -3.81. The third-order valence-corrected chi connectivity index (χ3v) is 4.97. The Morgan fingerprint density at radius 3 is 2.29 bits per heavy atom. The van der Waals surface area contributed by atoms with Crippen LogP contribution in [0.1, 0.15) is 11.3 Å². The van der Waals surface area contributed by atoms with Gasteiger partial charge in [-0.05, 0) is 42.0 Å². The van der Waals surface area contributed by atoms with Crippen LogP contribution in [0.4, 0.5) is 23.4 Å². The van der Waals surface area contributed by atoms with Crippen LogP contribution in [0.5, 0.6) is 0 Å². The lowest BCUT2D eigenvalue weighted by Crippen LogP contribution is -2.30. The molecule has 4 rings (SSSR count). The van der Waals surface area contributed by atoms with E-state index in [1.54, 1.807) is 41.7 Å². The number of alkyl halides is 3. The van der Waals surface area contributed by atoms with Crippen LogP contribution in [0.2, 0.25) is 0 Å². The molecule has 0 aliphatic rings. The second kappa shape index (κ2) is 9.37. The molecule has 0 bridgehead atoms. The van der Waals surface area contributed by atoms with E-state index in [1.807, 2.05) is 0 Å². The number of carbonyl (C=O) groups is 2. The van der Waals surface area contributed by atoms with Gasteiger partial charge in [0.2, 0.25) is 5.91 Å². The van der Waals surface area contributed by atoms with Crippen molar-refractivity contribution in [1.82, 2.24) is 19.9 Å². The predicted octanol–water partition coefficient (Wildman–Crippen LogP) is 4.21. The Labute approximate surface area is 196 Å². The Balaban J connectivity index is 1.93. The van der Waals surface area contributed by atoms with E-state index in [4.69, 9.17) is 0 Å². The maximum Gasteiger partial charge on any atom is 0.471 e. The van der Waals surface area contributed by atoms with Crippen molar-refractivity contribution in [2.75, 3.05) is 12.4 Å². The molecule has 7 nitrogen and oxygen atoms in total. The highest BCUT2D eigenvalue weighted by atomic mass is 19.4. The molecule has 0 saturated heterocycles. The molecular weight excluding hydrogens is 466 g/mol. The number of anilines is 1. The van der Waals surface area contributed by atoms with Crippen LogP contribution in [0.25, 0.3) is 22.5 Å². The van der Waals surface area contributed by atoms with Crippen molar-refractivity contribution in [3.05, 3.63) is 89.9 Å². The summed E-state index contributed by atoms with van der Waals surface area (Å²) in [5, 5.41) is 8.78. The summed E-state index contributed by atoms with van der Waals surface area (Å²) in [4.78, 5) is 27.9. The lowest BCUT2D eigenvalue weighted by Gasteiger charge is -2.10. The number of hydrogen-bond acceptors (Lipinski definition) is 4. The van der Waals surface area contributed by atoms with Crippen molar-refractivity contribution >= 4 is 28.9 Å². The molecule has 4 aromatic rings. The van der Waals surface area contributed by atoms with Gasteiger partial charge in [-0.1, -0.05) is 30.3 Å². The van der Waals surface area contributed by atoms with Crippen LogP contribution in [0, 0.1) is 5.82 Å². The van der Waals surface area contributed by atoms with Gasteiger partial charge in [-0.15, -0.1) is 0 Å². The fourth-order valence-electron chi connectivity index (χ4n) is 3.34. The summed E-state index contributed by atoms with van der Waals surface area (Å²) in [7, 11) is 1.47. The van der Waals surface area contributed by atoms with Gasteiger partial charge in [-0.2, -0.15) is 18.3 Å². The van der Waals surface area contributed by atoms with Crippen molar-refractivity contribution in [2.24, 2.45) is 0 Å². The summed E-state index contributed by atoms with van der Waals surface area (Å²) in [6.45, 7) is 0. The van der Waals surface area contributed by atoms with Crippen molar-refractivity contribution in [3.63, 3.8) is 0 Å². The Morgan fingerprint density at radius 2 is 1.66 bits per heavy atom. The van der Waals surface area contributed by atoms with Crippen LogP contribution in [0.15, 0.2) is 72.8 Å². The molecule has 2 amide bonds. The number of fused-ring (bicyclic) bond motifs is 1. The molecule has 2 heterocycles. The van der Waals surface area contributed by atoms with E-state index in [0.29, 0.717) is 16.8 Å². The fraction of sp³-hybridized carbons (Fsp3) is 0.0833. The molecule has 0 atom stereocenters. The van der Waals surface area contributed by atoms with Gasteiger partial charge in [0.15, 0.2) is 11.5 Å². The largest absolute Gasteiger partial charge is 0.471 e. The second-order valence-electron chi connectivity index (χ2n) is 7.29. The number of nitrogens with zero attached hydrogens (tertiary/aromatic N) is 3. The lowest BCUT2D eigenvalue weighted by atomic mass is 10.0. The van der Waals surface area contributed by atoms with Gasteiger partial charge in [0.05, 0.1) is 5.69 Å². The zero-order chi connectivity index (χ0) is 25.2. The van der Waals surface area contributed by atoms with Crippen LogP contribution in [-0.4, -0.2) is 39.6 Å². The fourth-order valence-corrected chi connectivity index (χ4v) is 3.34. The average Bonchev–Trinajstić information content (AvgIpc) is 3.19. The number of nitrogens with one attached hydrogen (secondary N) is 2. The van der Waals surface area contributed by atoms with E-state index in [1.165, 1.54) is 35.8 Å². The van der Waals surface area contributed by atoms with Gasteiger partial charge < -0.3 is 10.6 Å². The zero-order valence-corrected chi connectivity index (χ0v) is 18.1. The Morgan fingerprint density at radius 1 is 0.971 bits per heavy atom. The zero-order valence-electron chi connectivity index (χ0n) is 18.1. The van der Waals surface area contributed by atoms with Gasteiger partial charge in [-0.3, -0.25) is 9.59 Å². The molecular formula is C24H17F4N5O2. The monoisotopic (exact) mass is 483 g/mol. The van der Waals surface area contributed by atoms with E-state index >= 15 is 0 Å². The molecule has 2 N–H and O–H groups in total. The van der Waals surface area contributed by atoms with E-state index in [-0.39, 0.29) is 16.9 Å². The third-order valence-electron chi connectivity index (χ3n) is 4.97. The number of benzene rings is 2. The average molecular weight is 483 g/mol. The summed E-state index contributed by atoms with van der Waals surface area (Å²) in [6, 6.07) is 16.8. The van der Waals surface area contributed by atoms with E-state index < -0.39 is 29.6 Å². The molecule has 0 spiro atoms. The van der Waals surface area contributed by atoms with Gasteiger partial charge >= 0.3 is 12.1 Å². The SMILES string of the molecule is CNC(=O)/C=C(\c1ccccc1)c1ccc2nc(NC(=O)C(F)(F)F)c(-c3ccc(F)cc3)n2n1. The number of hydrogen-bond donors (Lipinski definition) is 2. The molecule has 2 aromatic heterocycles. The minimum absolute atomic E-state index is 0.00630. The molecule has 0 fully saturated rings. The molecule has 11 heteroatoms. The second-order valence-corrected chi connectivity index (χ2v) is 7.29. The quantitative estimate of drug-likeness (QED) is 0.329. The molecule has 35 heavy (non-hydrogen) atoms. The number of halogens is 4. The number of aromatic nitrogens is 3.